The molecular formula is C13H30N2O2. The molecule has 0 saturated heterocycles. The SMILES string of the molecule is COCCN(C(C)COC)C(CN)C(C)(C)C. The van der Waals surface area contributed by atoms with Crippen LogP contribution in [0, 0.1) is 5.41 Å². The van der Waals surface area contributed by atoms with E-state index in [4.69, 9.17) is 15.2 Å². The van der Waals surface area contributed by atoms with Crippen molar-refractivity contribution in [3.63, 3.8) is 0 Å². The van der Waals surface area contributed by atoms with E-state index in [1.54, 1.807) is 14.2 Å². The molecule has 0 rings (SSSR count). The molecule has 0 heterocycles. The van der Waals surface area contributed by atoms with E-state index in [0.717, 1.165) is 19.8 Å². The van der Waals surface area contributed by atoms with E-state index in [9.17, 15) is 0 Å². The van der Waals surface area contributed by atoms with Gasteiger partial charge in [0.15, 0.2) is 0 Å². The molecule has 0 aliphatic rings. The quantitative estimate of drug-likeness (QED) is 0.702. The van der Waals surface area contributed by atoms with Crippen LogP contribution in [0.3, 0.4) is 0 Å². The van der Waals surface area contributed by atoms with Gasteiger partial charge >= 0.3 is 0 Å². The summed E-state index contributed by atoms with van der Waals surface area (Å²) in [6.45, 7) is 11.8. The normalized spacial score (nSPS) is 16.2. The summed E-state index contributed by atoms with van der Waals surface area (Å²) in [6.07, 6.45) is 0. The van der Waals surface area contributed by atoms with Crippen LogP contribution in [-0.2, 0) is 9.47 Å². The predicted octanol–water partition coefficient (Wildman–Crippen LogP) is 1.34. The van der Waals surface area contributed by atoms with Crippen LogP contribution in [0.2, 0.25) is 0 Å². The average molecular weight is 246 g/mol. The van der Waals surface area contributed by atoms with Crippen molar-refractivity contribution in [2.45, 2.75) is 39.8 Å². The molecular weight excluding hydrogens is 216 g/mol. The Morgan fingerprint density at radius 1 is 1.18 bits per heavy atom. The number of ether oxygens (including phenoxy) is 2. The van der Waals surface area contributed by atoms with Crippen LogP contribution >= 0.6 is 0 Å². The molecule has 0 aliphatic carbocycles. The summed E-state index contributed by atoms with van der Waals surface area (Å²) in [6, 6.07) is 0.686. The molecule has 104 valence electrons. The van der Waals surface area contributed by atoms with Gasteiger partial charge in [-0.3, -0.25) is 4.90 Å². The average Bonchev–Trinajstić information content (AvgIpc) is 2.22. The Bertz CT molecular complexity index is 192. The fraction of sp³-hybridized carbons (Fsp3) is 1.00. The first-order valence-corrected chi connectivity index (χ1v) is 6.32. The minimum absolute atomic E-state index is 0.157. The standard InChI is InChI=1S/C13H30N2O2/c1-11(10-17-6)15(7-8-16-5)12(9-14)13(2,3)4/h11-12H,7-10,14H2,1-6H3. The summed E-state index contributed by atoms with van der Waals surface area (Å²) in [5.74, 6) is 0. The number of nitrogens with two attached hydrogens (primary N) is 1. The molecule has 2 unspecified atom stereocenters. The molecule has 4 nitrogen and oxygen atoms in total. The van der Waals surface area contributed by atoms with Crippen molar-refractivity contribution in [3.05, 3.63) is 0 Å². The summed E-state index contributed by atoms with van der Waals surface area (Å²) in [5.41, 5.74) is 6.10. The maximum absolute atomic E-state index is 5.94. The van der Waals surface area contributed by atoms with E-state index in [2.05, 4.69) is 32.6 Å². The first-order valence-electron chi connectivity index (χ1n) is 6.32. The Labute approximate surface area is 106 Å². The highest BCUT2D eigenvalue weighted by Gasteiger charge is 2.31. The molecule has 4 heteroatoms. The van der Waals surface area contributed by atoms with Gasteiger partial charge in [0.1, 0.15) is 0 Å². The van der Waals surface area contributed by atoms with E-state index < -0.39 is 0 Å². The lowest BCUT2D eigenvalue weighted by molar-refractivity contribution is 0.0134. The van der Waals surface area contributed by atoms with Crippen LogP contribution in [0.25, 0.3) is 0 Å². The smallest absolute Gasteiger partial charge is 0.0615 e. The van der Waals surface area contributed by atoms with Crippen molar-refractivity contribution in [1.82, 2.24) is 4.90 Å². The molecule has 17 heavy (non-hydrogen) atoms. The van der Waals surface area contributed by atoms with E-state index in [0.29, 0.717) is 18.6 Å². The molecule has 2 N–H and O–H groups in total. The molecule has 0 bridgehead atoms. The van der Waals surface area contributed by atoms with Gasteiger partial charge in [-0.15, -0.1) is 0 Å². The number of hydrogen-bond donors (Lipinski definition) is 1. The first kappa shape index (κ1) is 16.8. The molecule has 0 spiro atoms. The molecule has 0 amide bonds. The predicted molar refractivity (Wildman–Crippen MR) is 72.2 cm³/mol. The number of nitrogens with zero attached hydrogens (tertiary/aromatic N) is 1. The fourth-order valence-electron chi connectivity index (χ4n) is 2.20. The van der Waals surface area contributed by atoms with E-state index >= 15 is 0 Å². The lowest BCUT2D eigenvalue weighted by Gasteiger charge is -2.42. The zero-order valence-corrected chi connectivity index (χ0v) is 12.3. The van der Waals surface area contributed by atoms with Crippen molar-refractivity contribution < 1.29 is 9.47 Å². The Morgan fingerprint density at radius 3 is 2.12 bits per heavy atom. The van der Waals surface area contributed by atoms with Crippen molar-refractivity contribution in [2.75, 3.05) is 40.5 Å². The van der Waals surface area contributed by atoms with Gasteiger partial charge in [-0.2, -0.15) is 0 Å². The Morgan fingerprint density at radius 2 is 1.76 bits per heavy atom. The highest BCUT2D eigenvalue weighted by Crippen LogP contribution is 2.25. The van der Waals surface area contributed by atoms with Gasteiger partial charge in [0.25, 0.3) is 0 Å². The second kappa shape index (κ2) is 8.03. The van der Waals surface area contributed by atoms with Gasteiger partial charge in [-0.25, -0.2) is 0 Å². The third kappa shape index (κ3) is 5.82. The molecule has 0 saturated carbocycles. The van der Waals surface area contributed by atoms with Crippen LogP contribution in [0.1, 0.15) is 27.7 Å². The highest BCUT2D eigenvalue weighted by atomic mass is 16.5. The van der Waals surface area contributed by atoms with Crippen molar-refractivity contribution in [1.29, 1.82) is 0 Å². The highest BCUT2D eigenvalue weighted by molar-refractivity contribution is 4.86. The van der Waals surface area contributed by atoms with Crippen molar-refractivity contribution >= 4 is 0 Å². The van der Waals surface area contributed by atoms with Crippen LogP contribution in [0.4, 0.5) is 0 Å². The molecule has 2 atom stereocenters. The number of hydrogen-bond acceptors (Lipinski definition) is 4. The topological polar surface area (TPSA) is 47.7 Å². The summed E-state index contributed by atoms with van der Waals surface area (Å²) < 4.78 is 10.4. The molecule has 0 fully saturated rings. The van der Waals surface area contributed by atoms with Crippen LogP contribution in [-0.4, -0.2) is 57.5 Å². The van der Waals surface area contributed by atoms with Crippen molar-refractivity contribution in [3.8, 4) is 0 Å². The van der Waals surface area contributed by atoms with E-state index in [1.165, 1.54) is 0 Å². The summed E-state index contributed by atoms with van der Waals surface area (Å²) in [5, 5.41) is 0. The Kier molecular flexibility index (Phi) is 7.96. The van der Waals surface area contributed by atoms with E-state index in [-0.39, 0.29) is 5.41 Å². The summed E-state index contributed by atoms with van der Waals surface area (Å²) >= 11 is 0. The Balaban J connectivity index is 4.73. The summed E-state index contributed by atoms with van der Waals surface area (Å²) in [7, 11) is 3.47. The van der Waals surface area contributed by atoms with Gasteiger partial charge in [-0.05, 0) is 12.3 Å². The largest absolute Gasteiger partial charge is 0.383 e. The molecule has 0 aromatic carbocycles. The third-order valence-corrected chi connectivity index (χ3v) is 3.15. The van der Waals surface area contributed by atoms with Crippen LogP contribution in [0.5, 0.6) is 0 Å². The minimum Gasteiger partial charge on any atom is -0.383 e. The van der Waals surface area contributed by atoms with Gasteiger partial charge in [-0.1, -0.05) is 20.8 Å². The minimum atomic E-state index is 0.157. The van der Waals surface area contributed by atoms with Crippen molar-refractivity contribution in [2.24, 2.45) is 11.1 Å². The van der Waals surface area contributed by atoms with Crippen LogP contribution in [0.15, 0.2) is 0 Å². The monoisotopic (exact) mass is 246 g/mol. The molecule has 0 aromatic rings. The van der Waals surface area contributed by atoms with E-state index in [1.807, 2.05) is 0 Å². The summed E-state index contributed by atoms with van der Waals surface area (Å²) in [4.78, 5) is 2.40. The maximum atomic E-state index is 5.94. The molecule has 0 radical (unpaired) electrons. The Hall–Kier alpha value is -0.160. The number of methoxy groups -OCH3 is 2. The van der Waals surface area contributed by atoms with Gasteiger partial charge in [0.2, 0.25) is 0 Å². The van der Waals surface area contributed by atoms with Gasteiger partial charge in [0.05, 0.1) is 13.2 Å². The third-order valence-electron chi connectivity index (χ3n) is 3.15. The lowest BCUT2D eigenvalue weighted by Crippen LogP contribution is -2.54. The maximum Gasteiger partial charge on any atom is 0.0615 e. The second-order valence-corrected chi connectivity index (χ2v) is 5.65. The second-order valence-electron chi connectivity index (χ2n) is 5.65. The van der Waals surface area contributed by atoms with Gasteiger partial charge < -0.3 is 15.2 Å². The van der Waals surface area contributed by atoms with Gasteiger partial charge in [0, 0.05) is 39.4 Å². The molecule has 0 aliphatic heterocycles. The first-order chi connectivity index (χ1) is 7.88. The number of rotatable bonds is 8. The molecule has 0 aromatic heterocycles. The zero-order chi connectivity index (χ0) is 13.5. The lowest BCUT2D eigenvalue weighted by atomic mass is 9.85. The zero-order valence-electron chi connectivity index (χ0n) is 12.3. The van der Waals surface area contributed by atoms with Crippen LogP contribution < -0.4 is 5.73 Å². The fourth-order valence-corrected chi connectivity index (χ4v) is 2.20.